The lowest BCUT2D eigenvalue weighted by Crippen LogP contribution is -2.57. The highest BCUT2D eigenvalue weighted by Crippen LogP contribution is 2.66. The summed E-state index contributed by atoms with van der Waals surface area (Å²) in [7, 11) is 0. The van der Waals surface area contributed by atoms with Crippen LogP contribution in [0.3, 0.4) is 0 Å². The van der Waals surface area contributed by atoms with Gasteiger partial charge in [0.25, 0.3) is 0 Å². The lowest BCUT2D eigenvalue weighted by Gasteiger charge is -2.63. The zero-order valence-corrected chi connectivity index (χ0v) is 29.2. The predicted octanol–water partition coefficient (Wildman–Crippen LogP) is 13.0. The van der Waals surface area contributed by atoms with Crippen LogP contribution in [-0.2, 0) is 0 Å². The molecule has 7 aliphatic rings. The van der Waals surface area contributed by atoms with E-state index in [-0.39, 0.29) is 0 Å². The summed E-state index contributed by atoms with van der Waals surface area (Å²) in [6, 6.07) is 0. The number of fused-ring (bicyclic) bond motifs is 3. The van der Waals surface area contributed by atoms with Crippen molar-refractivity contribution >= 4 is 0 Å². The van der Waals surface area contributed by atoms with Crippen LogP contribution in [0.4, 0.5) is 0 Å². The van der Waals surface area contributed by atoms with Gasteiger partial charge in [-0.1, -0.05) is 118 Å². The fraction of sp³-hybridized carbons (Fsp3) is 1.00. The largest absolute Gasteiger partial charge is 0.0683 e. The highest BCUT2D eigenvalue weighted by Gasteiger charge is 2.59. The Balaban J connectivity index is 0.00000155. The van der Waals surface area contributed by atoms with Crippen molar-refractivity contribution in [2.75, 3.05) is 0 Å². The molecule has 0 saturated heterocycles. The first-order valence-corrected chi connectivity index (χ1v) is 20.7. The van der Waals surface area contributed by atoms with E-state index in [1.807, 2.05) is 13.8 Å². The summed E-state index contributed by atoms with van der Waals surface area (Å²) in [5.74, 6) is 16.4. The molecule has 0 N–H and O–H groups in total. The highest BCUT2D eigenvalue weighted by molar-refractivity contribution is 5.07. The van der Waals surface area contributed by atoms with E-state index in [9.17, 15) is 0 Å². The Morgan fingerprint density at radius 2 is 1.07 bits per heavy atom. The molecule has 0 radical (unpaired) electrons. The second-order valence-electron chi connectivity index (χ2n) is 17.6. The van der Waals surface area contributed by atoms with E-state index in [1.54, 1.807) is 128 Å². The smallest absolute Gasteiger partial charge is 0.0321 e. The van der Waals surface area contributed by atoms with Crippen molar-refractivity contribution in [3.05, 3.63) is 0 Å². The second kappa shape index (κ2) is 14.6. The zero-order chi connectivity index (χ0) is 29.2. The second-order valence-corrected chi connectivity index (χ2v) is 17.6. The molecule has 7 fully saturated rings. The molecule has 0 spiro atoms. The topological polar surface area (TPSA) is 0 Å². The van der Waals surface area contributed by atoms with Crippen LogP contribution in [0.2, 0.25) is 0 Å². The van der Waals surface area contributed by atoms with Crippen molar-refractivity contribution in [2.45, 2.75) is 176 Å². The monoisotopic (exact) mass is 579 g/mol. The van der Waals surface area contributed by atoms with Crippen molar-refractivity contribution in [1.82, 2.24) is 0 Å². The first-order chi connectivity index (χ1) is 20.7. The van der Waals surface area contributed by atoms with Gasteiger partial charge in [0.15, 0.2) is 0 Å². The van der Waals surface area contributed by atoms with Gasteiger partial charge in [-0.2, -0.15) is 0 Å². The van der Waals surface area contributed by atoms with Crippen LogP contribution in [0.15, 0.2) is 0 Å². The van der Waals surface area contributed by atoms with Gasteiger partial charge in [0.2, 0.25) is 0 Å². The molecule has 0 nitrogen and oxygen atoms in total. The van der Waals surface area contributed by atoms with Crippen molar-refractivity contribution < 1.29 is 0 Å². The predicted molar refractivity (Wildman–Crippen MR) is 182 cm³/mol. The van der Waals surface area contributed by atoms with Crippen molar-refractivity contribution in [3.8, 4) is 0 Å². The fourth-order valence-electron chi connectivity index (χ4n) is 14.7. The lowest BCUT2D eigenvalue weighted by atomic mass is 9.41. The van der Waals surface area contributed by atoms with E-state index in [2.05, 4.69) is 20.8 Å². The molecule has 0 aromatic rings. The van der Waals surface area contributed by atoms with Crippen LogP contribution < -0.4 is 0 Å². The number of hydrogen-bond donors (Lipinski definition) is 0. The van der Waals surface area contributed by atoms with Gasteiger partial charge < -0.3 is 0 Å². The van der Waals surface area contributed by atoms with Gasteiger partial charge in [0, 0.05) is 0 Å². The SMILES string of the molecule is CC.CCCCC(C1CCCC1)C1C2CCCCC2C(C2CCC3CCCCC4CCC2C3C4C)C2CCC(C)CC21. The Kier molecular flexibility index (Phi) is 11.1. The van der Waals surface area contributed by atoms with Gasteiger partial charge in [-0.05, 0) is 147 Å². The summed E-state index contributed by atoms with van der Waals surface area (Å²) in [5, 5.41) is 0. The van der Waals surface area contributed by atoms with Crippen LogP contribution in [0, 0.1) is 88.8 Å². The van der Waals surface area contributed by atoms with E-state index in [0.29, 0.717) is 0 Å². The Bertz CT molecular complexity index is 805. The number of hydrogen-bond acceptors (Lipinski definition) is 0. The molecule has 2 bridgehead atoms. The molecular weight excluding hydrogens is 504 g/mol. The normalized spacial score (nSPS) is 48.1. The summed E-state index contributed by atoms with van der Waals surface area (Å²) in [6.07, 6.45) is 34.7. The molecule has 0 heterocycles. The summed E-state index contributed by atoms with van der Waals surface area (Å²) < 4.78 is 0. The Morgan fingerprint density at radius 1 is 0.524 bits per heavy atom. The van der Waals surface area contributed by atoms with Crippen LogP contribution >= 0.6 is 0 Å². The molecule has 7 rings (SSSR count). The molecule has 42 heavy (non-hydrogen) atoms. The molecule has 0 aromatic heterocycles. The first kappa shape index (κ1) is 32.0. The molecule has 14 atom stereocenters. The molecule has 0 heteroatoms. The maximum absolute atomic E-state index is 2.76. The molecule has 7 aliphatic carbocycles. The summed E-state index contributed by atoms with van der Waals surface area (Å²) in [4.78, 5) is 0. The minimum atomic E-state index is 0.997. The van der Waals surface area contributed by atoms with E-state index >= 15 is 0 Å². The molecule has 14 unspecified atom stereocenters. The molecule has 0 aromatic carbocycles. The van der Waals surface area contributed by atoms with Gasteiger partial charge in [-0.25, -0.2) is 0 Å². The maximum atomic E-state index is 2.76. The average Bonchev–Trinajstić information content (AvgIpc) is 3.55. The summed E-state index contributed by atoms with van der Waals surface area (Å²) >= 11 is 0. The number of unbranched alkanes of at least 4 members (excludes halogenated alkanes) is 1. The van der Waals surface area contributed by atoms with Crippen molar-refractivity contribution in [1.29, 1.82) is 0 Å². The standard InChI is InChI=1S/C40H68.C2H6/c1-4-5-16-31(29-13-7-8-14-29)39-32-17-10-11-18-33(32)40(36-22-19-26(2)25-37(36)39)35-24-21-30-15-9-6-12-28-20-23-34(35)38(30)27(28)3;1-2/h26-40H,4-25H2,1-3H3;1-2H3. The van der Waals surface area contributed by atoms with Crippen LogP contribution in [-0.4, -0.2) is 0 Å². The van der Waals surface area contributed by atoms with Gasteiger partial charge >= 0.3 is 0 Å². The fourth-order valence-corrected chi connectivity index (χ4v) is 14.7. The third-order valence-electron chi connectivity index (χ3n) is 16.0. The van der Waals surface area contributed by atoms with Crippen LogP contribution in [0.1, 0.15) is 176 Å². The first-order valence-electron chi connectivity index (χ1n) is 20.7. The quantitative estimate of drug-likeness (QED) is 0.294. The third kappa shape index (κ3) is 6.08. The average molecular weight is 579 g/mol. The van der Waals surface area contributed by atoms with Crippen LogP contribution in [0.5, 0.6) is 0 Å². The van der Waals surface area contributed by atoms with Gasteiger partial charge in [-0.3, -0.25) is 0 Å². The van der Waals surface area contributed by atoms with Gasteiger partial charge in [0.1, 0.15) is 0 Å². The maximum Gasteiger partial charge on any atom is -0.0321 e. The summed E-state index contributed by atoms with van der Waals surface area (Å²) in [6.45, 7) is 11.9. The number of rotatable bonds is 6. The Morgan fingerprint density at radius 3 is 1.81 bits per heavy atom. The Labute approximate surface area is 264 Å². The van der Waals surface area contributed by atoms with Crippen LogP contribution in [0.25, 0.3) is 0 Å². The molecule has 7 saturated carbocycles. The molecule has 242 valence electrons. The third-order valence-corrected chi connectivity index (χ3v) is 16.0. The van der Waals surface area contributed by atoms with Gasteiger partial charge in [-0.15, -0.1) is 0 Å². The van der Waals surface area contributed by atoms with E-state index in [0.717, 1.165) is 88.8 Å². The van der Waals surface area contributed by atoms with Gasteiger partial charge in [0.05, 0.1) is 0 Å². The van der Waals surface area contributed by atoms with E-state index in [4.69, 9.17) is 0 Å². The van der Waals surface area contributed by atoms with E-state index < -0.39 is 0 Å². The highest BCUT2D eigenvalue weighted by atomic mass is 14.6. The van der Waals surface area contributed by atoms with Crippen molar-refractivity contribution in [3.63, 3.8) is 0 Å². The summed E-state index contributed by atoms with van der Waals surface area (Å²) in [5.41, 5.74) is 0. The molecule has 0 amide bonds. The Hall–Kier alpha value is 0. The molecular formula is C42H74. The van der Waals surface area contributed by atoms with E-state index in [1.165, 1.54) is 12.8 Å². The zero-order valence-electron chi connectivity index (χ0n) is 29.2. The lowest BCUT2D eigenvalue weighted by molar-refractivity contribution is -0.149. The van der Waals surface area contributed by atoms with Crippen molar-refractivity contribution in [2.24, 2.45) is 88.8 Å². The minimum Gasteiger partial charge on any atom is -0.0683 e. The minimum absolute atomic E-state index is 0.997. The molecule has 0 aliphatic heterocycles.